The zero-order valence-corrected chi connectivity index (χ0v) is 14.7. The second kappa shape index (κ2) is 7.61. The summed E-state index contributed by atoms with van der Waals surface area (Å²) in [5.41, 5.74) is 1.48. The number of nitrogens with one attached hydrogen (secondary N) is 1. The number of carbonyl (C=O) groups excluding carboxylic acids is 2. The molecular formula is C19H20N2O3S. The van der Waals surface area contributed by atoms with Gasteiger partial charge in [-0.1, -0.05) is 48.5 Å². The lowest BCUT2D eigenvalue weighted by Crippen LogP contribution is -2.47. The third-order valence-electron chi connectivity index (χ3n) is 4.25. The molecule has 3 rings (SSSR count). The van der Waals surface area contributed by atoms with E-state index in [-0.39, 0.29) is 29.5 Å². The summed E-state index contributed by atoms with van der Waals surface area (Å²) in [7, 11) is -1.21. The fourth-order valence-corrected chi connectivity index (χ4v) is 4.26. The van der Waals surface area contributed by atoms with Crippen molar-refractivity contribution in [1.82, 2.24) is 10.2 Å². The van der Waals surface area contributed by atoms with E-state index in [1.807, 2.05) is 43.3 Å². The lowest BCUT2D eigenvalue weighted by molar-refractivity contribution is -0.125. The number of nitrogens with zero attached hydrogens (tertiary/aromatic N) is 1. The monoisotopic (exact) mass is 356 g/mol. The van der Waals surface area contributed by atoms with Crippen molar-refractivity contribution in [3.05, 3.63) is 71.8 Å². The molecule has 130 valence electrons. The Kier molecular flexibility index (Phi) is 5.28. The van der Waals surface area contributed by atoms with E-state index in [0.29, 0.717) is 5.56 Å². The van der Waals surface area contributed by atoms with Crippen molar-refractivity contribution in [2.45, 2.75) is 19.0 Å². The fourth-order valence-electron chi connectivity index (χ4n) is 2.86. The summed E-state index contributed by atoms with van der Waals surface area (Å²) >= 11 is 0. The average Bonchev–Trinajstić information content (AvgIpc) is 3.04. The fraction of sp³-hybridized carbons (Fsp3) is 0.263. The van der Waals surface area contributed by atoms with E-state index in [1.54, 1.807) is 24.3 Å². The number of rotatable bonds is 4. The molecule has 0 aromatic heterocycles. The average molecular weight is 356 g/mol. The molecule has 1 aliphatic heterocycles. The largest absolute Gasteiger partial charge is 0.348 e. The molecular weight excluding hydrogens is 336 g/mol. The summed E-state index contributed by atoms with van der Waals surface area (Å²) in [5, 5.41) is 2.93. The minimum absolute atomic E-state index is 0.0888. The molecule has 2 amide bonds. The van der Waals surface area contributed by atoms with E-state index in [0.717, 1.165) is 5.56 Å². The van der Waals surface area contributed by atoms with Crippen LogP contribution in [0, 0.1) is 0 Å². The molecule has 0 radical (unpaired) electrons. The number of amides is 2. The van der Waals surface area contributed by atoms with Gasteiger partial charge >= 0.3 is 0 Å². The Hall–Kier alpha value is -2.47. The Morgan fingerprint density at radius 1 is 1.08 bits per heavy atom. The summed E-state index contributed by atoms with van der Waals surface area (Å²) in [5.74, 6) is -0.275. The summed E-state index contributed by atoms with van der Waals surface area (Å²) in [6, 6.07) is 17.5. The van der Waals surface area contributed by atoms with Gasteiger partial charge in [0, 0.05) is 16.4 Å². The van der Waals surface area contributed by atoms with Crippen LogP contribution in [0.2, 0.25) is 0 Å². The zero-order chi connectivity index (χ0) is 17.8. The Morgan fingerprint density at radius 3 is 2.32 bits per heavy atom. The Balaban J connectivity index is 1.74. The number of carbonyl (C=O) groups is 2. The van der Waals surface area contributed by atoms with Gasteiger partial charge in [-0.3, -0.25) is 13.8 Å². The van der Waals surface area contributed by atoms with Crippen LogP contribution in [0.25, 0.3) is 0 Å². The highest BCUT2D eigenvalue weighted by molar-refractivity contribution is 7.85. The molecule has 1 heterocycles. The highest BCUT2D eigenvalue weighted by Crippen LogP contribution is 2.19. The predicted octanol–water partition coefficient (Wildman–Crippen LogP) is 2.09. The molecule has 0 aliphatic carbocycles. The van der Waals surface area contributed by atoms with Crippen molar-refractivity contribution in [3.8, 4) is 0 Å². The molecule has 6 heteroatoms. The van der Waals surface area contributed by atoms with Crippen molar-refractivity contribution < 1.29 is 13.8 Å². The van der Waals surface area contributed by atoms with Crippen LogP contribution in [0.4, 0.5) is 0 Å². The molecule has 0 spiro atoms. The van der Waals surface area contributed by atoms with E-state index in [1.165, 1.54) is 4.90 Å². The summed E-state index contributed by atoms with van der Waals surface area (Å²) < 4.78 is 12.0. The first-order valence-corrected chi connectivity index (χ1v) is 9.61. The van der Waals surface area contributed by atoms with Crippen LogP contribution in [-0.4, -0.2) is 38.6 Å². The quantitative estimate of drug-likeness (QED) is 0.912. The van der Waals surface area contributed by atoms with E-state index >= 15 is 0 Å². The minimum atomic E-state index is -1.21. The SMILES string of the molecule is C[C@@H](NC(=O)[C@@H]1C[S@@](=O)CN1C(=O)c1ccccc1)c1ccccc1. The maximum Gasteiger partial charge on any atom is 0.255 e. The van der Waals surface area contributed by atoms with E-state index in [2.05, 4.69) is 5.32 Å². The topological polar surface area (TPSA) is 66.5 Å². The van der Waals surface area contributed by atoms with Gasteiger partial charge in [0.1, 0.15) is 6.04 Å². The standard InChI is InChI=1S/C19H20N2O3S/c1-14(15-8-4-2-5-9-15)20-18(22)17-12-25(24)13-21(17)19(23)16-10-6-3-7-11-16/h2-11,14,17H,12-13H2,1H3,(H,20,22)/t14-,17+,25-/m1/s1. The van der Waals surface area contributed by atoms with Crippen LogP contribution in [0.15, 0.2) is 60.7 Å². The van der Waals surface area contributed by atoms with Gasteiger partial charge in [0.15, 0.2) is 0 Å². The van der Waals surface area contributed by atoms with Crippen molar-refractivity contribution >= 4 is 22.6 Å². The van der Waals surface area contributed by atoms with Gasteiger partial charge < -0.3 is 10.2 Å². The highest BCUT2D eigenvalue weighted by Gasteiger charge is 2.38. The Labute approximate surface area is 149 Å². The van der Waals surface area contributed by atoms with E-state index in [9.17, 15) is 13.8 Å². The summed E-state index contributed by atoms with van der Waals surface area (Å²) in [6.45, 7) is 1.89. The van der Waals surface area contributed by atoms with Gasteiger partial charge in [-0.05, 0) is 24.6 Å². The zero-order valence-electron chi connectivity index (χ0n) is 13.9. The van der Waals surface area contributed by atoms with Gasteiger partial charge in [-0.2, -0.15) is 0 Å². The molecule has 2 aromatic rings. The van der Waals surface area contributed by atoms with Crippen LogP contribution in [0.5, 0.6) is 0 Å². The van der Waals surface area contributed by atoms with Gasteiger partial charge in [0.25, 0.3) is 5.91 Å². The summed E-state index contributed by atoms with van der Waals surface area (Å²) in [6.07, 6.45) is 0. The maximum atomic E-state index is 12.7. The molecule has 1 fully saturated rings. The lowest BCUT2D eigenvalue weighted by atomic mass is 10.1. The van der Waals surface area contributed by atoms with Crippen molar-refractivity contribution in [2.24, 2.45) is 0 Å². The molecule has 1 saturated heterocycles. The van der Waals surface area contributed by atoms with Crippen LogP contribution in [0.1, 0.15) is 28.9 Å². The molecule has 5 nitrogen and oxygen atoms in total. The minimum Gasteiger partial charge on any atom is -0.348 e. The van der Waals surface area contributed by atoms with Crippen LogP contribution >= 0.6 is 0 Å². The van der Waals surface area contributed by atoms with Gasteiger partial charge in [0.2, 0.25) is 5.91 Å². The smallest absolute Gasteiger partial charge is 0.255 e. The van der Waals surface area contributed by atoms with Crippen LogP contribution < -0.4 is 5.32 Å². The first-order valence-electron chi connectivity index (χ1n) is 8.12. The number of hydrogen-bond acceptors (Lipinski definition) is 3. The number of benzene rings is 2. The third kappa shape index (κ3) is 3.96. The van der Waals surface area contributed by atoms with Crippen LogP contribution in [0.3, 0.4) is 0 Å². The van der Waals surface area contributed by atoms with E-state index < -0.39 is 16.8 Å². The normalized spacial score (nSPS) is 20.9. The molecule has 1 N–H and O–H groups in total. The summed E-state index contributed by atoms with van der Waals surface area (Å²) in [4.78, 5) is 26.8. The van der Waals surface area contributed by atoms with Crippen molar-refractivity contribution in [1.29, 1.82) is 0 Å². The lowest BCUT2D eigenvalue weighted by Gasteiger charge is -2.24. The molecule has 25 heavy (non-hydrogen) atoms. The maximum absolute atomic E-state index is 12.7. The van der Waals surface area contributed by atoms with Crippen molar-refractivity contribution in [2.75, 3.05) is 11.6 Å². The van der Waals surface area contributed by atoms with Crippen LogP contribution in [-0.2, 0) is 15.6 Å². The molecule has 0 bridgehead atoms. The third-order valence-corrected chi connectivity index (χ3v) is 5.50. The number of hydrogen-bond donors (Lipinski definition) is 1. The molecule has 2 aromatic carbocycles. The second-order valence-electron chi connectivity index (χ2n) is 6.03. The Bertz CT molecular complexity index is 780. The first-order chi connectivity index (χ1) is 12.1. The Morgan fingerprint density at radius 2 is 1.68 bits per heavy atom. The predicted molar refractivity (Wildman–Crippen MR) is 97.3 cm³/mol. The molecule has 1 aliphatic rings. The molecule has 0 saturated carbocycles. The first kappa shape index (κ1) is 17.4. The second-order valence-corrected chi connectivity index (χ2v) is 7.50. The van der Waals surface area contributed by atoms with Gasteiger partial charge in [-0.15, -0.1) is 0 Å². The van der Waals surface area contributed by atoms with Crippen molar-refractivity contribution in [3.63, 3.8) is 0 Å². The highest BCUT2D eigenvalue weighted by atomic mass is 32.2. The molecule has 0 unspecified atom stereocenters. The van der Waals surface area contributed by atoms with E-state index in [4.69, 9.17) is 0 Å². The van der Waals surface area contributed by atoms with Gasteiger partial charge in [-0.25, -0.2) is 0 Å². The van der Waals surface area contributed by atoms with Gasteiger partial charge in [0.05, 0.1) is 17.7 Å². The molecule has 3 atom stereocenters.